The molecule has 0 saturated carbocycles. The number of nitro benzene ring substituents is 1. The number of amides is 1. The average molecular weight is 279 g/mol. The number of carbonyl (C=O) groups is 1. The zero-order chi connectivity index (χ0) is 14.5. The quantitative estimate of drug-likeness (QED) is 0.644. The number of ether oxygens (including phenoxy) is 1. The molecule has 0 bridgehead atoms. The van der Waals surface area contributed by atoms with E-state index in [0.29, 0.717) is 18.0 Å². The van der Waals surface area contributed by atoms with Gasteiger partial charge in [-0.3, -0.25) is 14.9 Å². The molecule has 1 saturated heterocycles. The maximum atomic E-state index is 12.1. The van der Waals surface area contributed by atoms with Gasteiger partial charge in [0.1, 0.15) is 5.75 Å². The highest BCUT2D eigenvalue weighted by Crippen LogP contribution is 2.29. The molecule has 0 unspecified atom stereocenters. The zero-order valence-corrected chi connectivity index (χ0v) is 11.2. The van der Waals surface area contributed by atoms with Gasteiger partial charge in [0.15, 0.2) is 0 Å². The maximum absolute atomic E-state index is 12.1. The van der Waals surface area contributed by atoms with Gasteiger partial charge in [-0.05, 0) is 25.5 Å². The molecule has 1 atom stereocenters. The summed E-state index contributed by atoms with van der Waals surface area (Å²) in [4.78, 5) is 22.4. The first-order valence-corrected chi connectivity index (χ1v) is 6.46. The summed E-state index contributed by atoms with van der Waals surface area (Å²) in [5, 5.41) is 16.7. The molecule has 0 aromatic heterocycles. The standard InChI is InChI=1S/C13H17N3O4/c1-20-12-5-4-10(16(18)19)7-11(12)15-13(17)9-3-2-6-14-8-9/h4-5,7,9,14H,2-3,6,8H2,1H3,(H,15,17)/t9-/m0/s1. The molecule has 0 aliphatic carbocycles. The van der Waals surface area contributed by atoms with Gasteiger partial charge in [-0.1, -0.05) is 0 Å². The van der Waals surface area contributed by atoms with Gasteiger partial charge in [0.2, 0.25) is 5.91 Å². The van der Waals surface area contributed by atoms with Crippen LogP contribution in [0, 0.1) is 16.0 Å². The molecule has 1 aliphatic heterocycles. The molecular formula is C13H17N3O4. The van der Waals surface area contributed by atoms with Gasteiger partial charge < -0.3 is 15.4 Å². The summed E-state index contributed by atoms with van der Waals surface area (Å²) in [6, 6.07) is 4.14. The maximum Gasteiger partial charge on any atom is 0.271 e. The number of nitro groups is 1. The van der Waals surface area contributed by atoms with E-state index < -0.39 is 4.92 Å². The summed E-state index contributed by atoms with van der Waals surface area (Å²) >= 11 is 0. The average Bonchev–Trinajstić information content (AvgIpc) is 2.48. The Morgan fingerprint density at radius 1 is 1.55 bits per heavy atom. The molecule has 1 heterocycles. The summed E-state index contributed by atoms with van der Waals surface area (Å²) in [5.74, 6) is 0.149. The van der Waals surface area contributed by atoms with E-state index in [1.165, 1.54) is 25.3 Å². The van der Waals surface area contributed by atoms with E-state index in [2.05, 4.69) is 10.6 Å². The molecule has 1 aliphatic rings. The Morgan fingerprint density at radius 3 is 2.95 bits per heavy atom. The van der Waals surface area contributed by atoms with Crippen LogP contribution in [0.1, 0.15) is 12.8 Å². The molecule has 108 valence electrons. The molecule has 2 rings (SSSR count). The second-order valence-corrected chi connectivity index (χ2v) is 4.67. The SMILES string of the molecule is COc1ccc([N+](=O)[O-])cc1NC(=O)[C@H]1CCCNC1. The van der Waals surface area contributed by atoms with Crippen LogP contribution < -0.4 is 15.4 Å². The van der Waals surface area contributed by atoms with Gasteiger partial charge in [-0.15, -0.1) is 0 Å². The van der Waals surface area contributed by atoms with Crippen LogP contribution in [0.4, 0.5) is 11.4 Å². The molecule has 1 aromatic carbocycles. The van der Waals surface area contributed by atoms with Gasteiger partial charge in [-0.2, -0.15) is 0 Å². The lowest BCUT2D eigenvalue weighted by molar-refractivity contribution is -0.384. The van der Waals surface area contributed by atoms with Crippen LogP contribution in [0.5, 0.6) is 5.75 Å². The first-order chi connectivity index (χ1) is 9.61. The Balaban J connectivity index is 2.15. The summed E-state index contributed by atoms with van der Waals surface area (Å²) < 4.78 is 5.12. The van der Waals surface area contributed by atoms with E-state index in [9.17, 15) is 14.9 Å². The van der Waals surface area contributed by atoms with Gasteiger partial charge in [0.25, 0.3) is 5.69 Å². The summed E-state index contributed by atoms with van der Waals surface area (Å²) in [6.45, 7) is 1.55. The topological polar surface area (TPSA) is 93.5 Å². The number of benzene rings is 1. The Hall–Kier alpha value is -2.15. The third-order valence-corrected chi connectivity index (χ3v) is 3.32. The Kier molecular flexibility index (Phi) is 4.52. The second-order valence-electron chi connectivity index (χ2n) is 4.67. The lowest BCUT2D eigenvalue weighted by atomic mass is 9.99. The van der Waals surface area contributed by atoms with E-state index in [4.69, 9.17) is 4.74 Å². The van der Waals surface area contributed by atoms with Crippen molar-refractivity contribution in [2.45, 2.75) is 12.8 Å². The minimum atomic E-state index is -0.503. The Bertz CT molecular complexity index is 512. The second kappa shape index (κ2) is 6.33. The van der Waals surface area contributed by atoms with Crippen molar-refractivity contribution in [3.8, 4) is 5.75 Å². The van der Waals surface area contributed by atoms with Gasteiger partial charge >= 0.3 is 0 Å². The summed E-state index contributed by atoms with van der Waals surface area (Å²) in [6.07, 6.45) is 1.76. The third kappa shape index (κ3) is 3.24. The molecule has 1 aromatic rings. The molecule has 0 spiro atoms. The first-order valence-electron chi connectivity index (χ1n) is 6.46. The van der Waals surface area contributed by atoms with Crippen LogP contribution in [-0.4, -0.2) is 31.0 Å². The smallest absolute Gasteiger partial charge is 0.271 e. The van der Waals surface area contributed by atoms with Crippen molar-refractivity contribution >= 4 is 17.3 Å². The van der Waals surface area contributed by atoms with Crippen LogP contribution in [0.15, 0.2) is 18.2 Å². The predicted octanol–water partition coefficient (Wildman–Crippen LogP) is 1.54. The first kappa shape index (κ1) is 14.3. The van der Waals surface area contributed by atoms with Gasteiger partial charge in [0, 0.05) is 18.7 Å². The zero-order valence-electron chi connectivity index (χ0n) is 11.2. The molecule has 1 amide bonds. The number of hydrogen-bond donors (Lipinski definition) is 2. The number of rotatable bonds is 4. The number of non-ortho nitro benzene ring substituents is 1. The number of carbonyl (C=O) groups excluding carboxylic acids is 1. The number of piperidine rings is 1. The Morgan fingerprint density at radius 2 is 2.35 bits per heavy atom. The fourth-order valence-electron chi connectivity index (χ4n) is 2.22. The van der Waals surface area contributed by atoms with Crippen molar-refractivity contribution in [2.24, 2.45) is 5.92 Å². The monoisotopic (exact) mass is 279 g/mol. The van der Waals surface area contributed by atoms with Crippen molar-refractivity contribution in [3.63, 3.8) is 0 Å². The molecule has 1 fully saturated rings. The van der Waals surface area contributed by atoms with Crippen LogP contribution in [0.2, 0.25) is 0 Å². The van der Waals surface area contributed by atoms with Crippen LogP contribution in [0.25, 0.3) is 0 Å². The van der Waals surface area contributed by atoms with Crippen molar-refractivity contribution in [1.29, 1.82) is 0 Å². The lowest BCUT2D eigenvalue weighted by Crippen LogP contribution is -2.37. The lowest BCUT2D eigenvalue weighted by Gasteiger charge is -2.22. The van der Waals surface area contributed by atoms with Crippen molar-refractivity contribution in [2.75, 3.05) is 25.5 Å². The van der Waals surface area contributed by atoms with E-state index >= 15 is 0 Å². The normalized spacial score (nSPS) is 18.4. The highest BCUT2D eigenvalue weighted by atomic mass is 16.6. The number of hydrogen-bond acceptors (Lipinski definition) is 5. The van der Waals surface area contributed by atoms with Gasteiger partial charge in [-0.25, -0.2) is 0 Å². The summed E-state index contributed by atoms with van der Waals surface area (Å²) in [7, 11) is 1.46. The largest absolute Gasteiger partial charge is 0.495 e. The highest BCUT2D eigenvalue weighted by Gasteiger charge is 2.22. The Labute approximate surface area is 116 Å². The highest BCUT2D eigenvalue weighted by molar-refractivity contribution is 5.94. The number of anilines is 1. The summed E-state index contributed by atoms with van der Waals surface area (Å²) in [5.41, 5.74) is 0.250. The molecule has 7 heteroatoms. The van der Waals surface area contributed by atoms with Crippen LogP contribution >= 0.6 is 0 Å². The van der Waals surface area contributed by atoms with E-state index in [0.717, 1.165) is 19.4 Å². The van der Waals surface area contributed by atoms with Crippen molar-refractivity contribution in [3.05, 3.63) is 28.3 Å². The molecule has 0 radical (unpaired) electrons. The number of methoxy groups -OCH3 is 1. The van der Waals surface area contributed by atoms with Gasteiger partial charge in [0.05, 0.1) is 23.6 Å². The predicted molar refractivity (Wildman–Crippen MR) is 73.9 cm³/mol. The fourth-order valence-corrected chi connectivity index (χ4v) is 2.22. The fraction of sp³-hybridized carbons (Fsp3) is 0.462. The molecular weight excluding hydrogens is 262 g/mol. The molecule has 2 N–H and O–H groups in total. The number of nitrogens with zero attached hydrogens (tertiary/aromatic N) is 1. The van der Waals surface area contributed by atoms with E-state index in [-0.39, 0.29) is 17.5 Å². The minimum absolute atomic E-state index is 0.0807. The van der Waals surface area contributed by atoms with Crippen LogP contribution in [-0.2, 0) is 4.79 Å². The van der Waals surface area contributed by atoms with E-state index in [1.807, 2.05) is 0 Å². The van der Waals surface area contributed by atoms with Crippen LogP contribution in [0.3, 0.4) is 0 Å². The molecule has 7 nitrogen and oxygen atoms in total. The van der Waals surface area contributed by atoms with Crippen molar-refractivity contribution in [1.82, 2.24) is 5.32 Å². The van der Waals surface area contributed by atoms with Crippen molar-refractivity contribution < 1.29 is 14.5 Å². The molecule has 20 heavy (non-hydrogen) atoms. The van der Waals surface area contributed by atoms with E-state index in [1.54, 1.807) is 0 Å². The third-order valence-electron chi connectivity index (χ3n) is 3.32. The minimum Gasteiger partial charge on any atom is -0.495 e. The number of nitrogens with one attached hydrogen (secondary N) is 2.